The van der Waals surface area contributed by atoms with Crippen LogP contribution in [0.4, 0.5) is 0 Å². The molecule has 0 aliphatic heterocycles. The highest BCUT2D eigenvalue weighted by Gasteiger charge is 2.62. The van der Waals surface area contributed by atoms with Gasteiger partial charge in [0.25, 0.3) is 0 Å². The predicted octanol–water partition coefficient (Wildman–Crippen LogP) is 4.72. The average Bonchev–Trinajstić information content (AvgIpc) is 3.15. The van der Waals surface area contributed by atoms with Gasteiger partial charge in [-0.25, -0.2) is 0 Å². The lowest BCUT2D eigenvalue weighted by molar-refractivity contribution is -0.140. The lowest BCUT2D eigenvalue weighted by Crippen LogP contribution is -2.22. The molecule has 1 N–H and O–H groups in total. The van der Waals surface area contributed by atoms with E-state index in [4.69, 9.17) is 0 Å². The quantitative estimate of drug-likeness (QED) is 0.816. The van der Waals surface area contributed by atoms with Crippen molar-refractivity contribution in [1.82, 2.24) is 0 Å². The van der Waals surface area contributed by atoms with Crippen molar-refractivity contribution >= 4 is 37.8 Å². The summed E-state index contributed by atoms with van der Waals surface area (Å²) in [6, 6.07) is 15.6. The molecule has 0 saturated heterocycles. The van der Waals surface area contributed by atoms with E-state index in [0.29, 0.717) is 6.42 Å². The molecule has 4 heteroatoms. The average molecular weight is 396 g/mol. The van der Waals surface area contributed by atoms with Gasteiger partial charge in [-0.05, 0) is 35.7 Å². The molecule has 1 fully saturated rings. The molecule has 0 heterocycles. The number of halogens is 2. The third kappa shape index (κ3) is 2.21. The first-order chi connectivity index (χ1) is 9.54. The molecule has 2 atom stereocenters. The zero-order chi connectivity index (χ0) is 14.3. The van der Waals surface area contributed by atoms with E-state index in [1.165, 1.54) is 0 Å². The van der Waals surface area contributed by atoms with E-state index in [1.807, 2.05) is 48.5 Å². The monoisotopic (exact) mass is 394 g/mol. The van der Waals surface area contributed by atoms with Gasteiger partial charge in [-0.2, -0.15) is 0 Å². The fourth-order valence-electron chi connectivity index (χ4n) is 2.84. The smallest absolute Gasteiger partial charge is 0.314 e. The molecule has 0 amide bonds. The van der Waals surface area contributed by atoms with Crippen molar-refractivity contribution in [2.45, 2.75) is 17.8 Å². The van der Waals surface area contributed by atoms with Crippen LogP contribution in [0.25, 0.3) is 0 Å². The Bertz CT molecular complexity index is 649. The molecule has 102 valence electrons. The van der Waals surface area contributed by atoms with Crippen LogP contribution in [0.5, 0.6) is 0 Å². The van der Waals surface area contributed by atoms with Crippen molar-refractivity contribution in [3.8, 4) is 0 Å². The molecule has 1 aliphatic rings. The first kappa shape index (κ1) is 13.8. The molecule has 0 radical (unpaired) electrons. The standard InChI is InChI=1S/C16H12Br2O2/c17-12-6-11(7-13(18)8-12)16(15(19)20)9-14(16)10-4-2-1-3-5-10/h1-8,14H,9H2,(H,19,20)/t14-,16-/m0/s1. The molecule has 1 aliphatic carbocycles. The number of carboxylic acid groups (broad SMARTS) is 1. The summed E-state index contributed by atoms with van der Waals surface area (Å²) < 4.78 is 1.78. The number of carbonyl (C=O) groups is 1. The summed E-state index contributed by atoms with van der Waals surface area (Å²) in [6.45, 7) is 0. The number of hydrogen-bond acceptors (Lipinski definition) is 1. The third-order valence-corrected chi connectivity index (χ3v) is 4.84. The maximum Gasteiger partial charge on any atom is 0.314 e. The summed E-state index contributed by atoms with van der Waals surface area (Å²) in [5.74, 6) is -0.709. The summed E-state index contributed by atoms with van der Waals surface area (Å²) in [5.41, 5.74) is 1.14. The zero-order valence-corrected chi connectivity index (χ0v) is 13.7. The summed E-state index contributed by atoms with van der Waals surface area (Å²) in [6.07, 6.45) is 0.648. The highest BCUT2D eigenvalue weighted by molar-refractivity contribution is 9.11. The van der Waals surface area contributed by atoms with Crippen LogP contribution in [0.2, 0.25) is 0 Å². The highest BCUT2D eigenvalue weighted by Crippen LogP contribution is 2.61. The molecule has 2 aromatic rings. The fraction of sp³-hybridized carbons (Fsp3) is 0.188. The number of hydrogen-bond donors (Lipinski definition) is 1. The number of carboxylic acids is 1. The Kier molecular flexibility index (Phi) is 3.46. The summed E-state index contributed by atoms with van der Waals surface area (Å²) in [5, 5.41) is 9.74. The van der Waals surface area contributed by atoms with Crippen LogP contribution in [0.1, 0.15) is 23.5 Å². The van der Waals surface area contributed by atoms with Crippen molar-refractivity contribution in [3.63, 3.8) is 0 Å². The Labute approximate surface area is 134 Å². The molecule has 2 nitrogen and oxygen atoms in total. The minimum atomic E-state index is -0.798. The molecular formula is C16H12Br2O2. The van der Waals surface area contributed by atoms with Crippen LogP contribution in [0.3, 0.4) is 0 Å². The van der Waals surface area contributed by atoms with Crippen LogP contribution in [0.15, 0.2) is 57.5 Å². The first-order valence-corrected chi connectivity index (χ1v) is 7.87. The first-order valence-electron chi connectivity index (χ1n) is 6.29. The SMILES string of the molecule is O=C(O)[C@]1(c2cc(Br)cc(Br)c2)C[C@H]1c1ccccc1. The summed E-state index contributed by atoms with van der Waals surface area (Å²) >= 11 is 6.87. The van der Waals surface area contributed by atoms with Crippen molar-refractivity contribution in [1.29, 1.82) is 0 Å². The Hall–Kier alpha value is -1.13. The molecular weight excluding hydrogens is 384 g/mol. The molecule has 20 heavy (non-hydrogen) atoms. The zero-order valence-electron chi connectivity index (χ0n) is 10.5. The second-order valence-electron chi connectivity index (χ2n) is 5.10. The summed E-state index contributed by atoms with van der Waals surface area (Å²) in [7, 11) is 0. The molecule has 2 aromatic carbocycles. The van der Waals surface area contributed by atoms with Crippen LogP contribution in [-0.2, 0) is 10.2 Å². The maximum atomic E-state index is 11.9. The van der Waals surface area contributed by atoms with Crippen LogP contribution >= 0.6 is 31.9 Å². The van der Waals surface area contributed by atoms with Crippen molar-refractivity contribution in [2.75, 3.05) is 0 Å². The molecule has 3 rings (SSSR count). The van der Waals surface area contributed by atoms with Crippen molar-refractivity contribution in [3.05, 3.63) is 68.6 Å². The lowest BCUT2D eigenvalue weighted by Gasteiger charge is -2.14. The van der Waals surface area contributed by atoms with Gasteiger partial charge in [-0.3, -0.25) is 4.79 Å². The molecule has 0 bridgehead atoms. The van der Waals surface area contributed by atoms with E-state index in [1.54, 1.807) is 0 Å². The molecule has 0 aromatic heterocycles. The van der Waals surface area contributed by atoms with Gasteiger partial charge in [-0.1, -0.05) is 62.2 Å². The second kappa shape index (κ2) is 5.01. The normalized spacial score (nSPS) is 24.4. The van der Waals surface area contributed by atoms with Gasteiger partial charge in [0.05, 0.1) is 0 Å². The lowest BCUT2D eigenvalue weighted by atomic mass is 9.91. The van der Waals surface area contributed by atoms with Crippen LogP contribution < -0.4 is 0 Å². The minimum Gasteiger partial charge on any atom is -0.481 e. The largest absolute Gasteiger partial charge is 0.481 e. The highest BCUT2D eigenvalue weighted by atomic mass is 79.9. The summed E-state index contributed by atoms with van der Waals surface area (Å²) in [4.78, 5) is 11.9. The van der Waals surface area contributed by atoms with E-state index in [0.717, 1.165) is 20.1 Å². The van der Waals surface area contributed by atoms with E-state index >= 15 is 0 Å². The number of rotatable bonds is 3. The van der Waals surface area contributed by atoms with Gasteiger partial charge in [0.15, 0.2) is 0 Å². The van der Waals surface area contributed by atoms with Gasteiger partial charge in [0, 0.05) is 14.9 Å². The van der Waals surface area contributed by atoms with E-state index in [-0.39, 0.29) is 5.92 Å². The van der Waals surface area contributed by atoms with Gasteiger partial charge in [0.1, 0.15) is 5.41 Å². The maximum absolute atomic E-state index is 11.9. The number of aliphatic carboxylic acids is 1. The van der Waals surface area contributed by atoms with E-state index in [9.17, 15) is 9.90 Å². The molecule has 0 unspecified atom stereocenters. The topological polar surface area (TPSA) is 37.3 Å². The Morgan fingerprint density at radius 1 is 1.10 bits per heavy atom. The van der Waals surface area contributed by atoms with Gasteiger partial charge in [0.2, 0.25) is 0 Å². The molecule has 0 spiro atoms. The van der Waals surface area contributed by atoms with Crippen molar-refractivity contribution in [2.24, 2.45) is 0 Å². The van der Waals surface area contributed by atoms with Gasteiger partial charge >= 0.3 is 5.97 Å². The van der Waals surface area contributed by atoms with Crippen LogP contribution in [0, 0.1) is 0 Å². The van der Waals surface area contributed by atoms with E-state index < -0.39 is 11.4 Å². The van der Waals surface area contributed by atoms with Crippen LogP contribution in [-0.4, -0.2) is 11.1 Å². The second-order valence-corrected chi connectivity index (χ2v) is 6.93. The minimum absolute atomic E-state index is 0.0439. The van der Waals surface area contributed by atoms with E-state index in [2.05, 4.69) is 31.9 Å². The van der Waals surface area contributed by atoms with Gasteiger partial charge in [-0.15, -0.1) is 0 Å². The predicted molar refractivity (Wildman–Crippen MR) is 85.0 cm³/mol. The molecule has 1 saturated carbocycles. The number of benzene rings is 2. The Balaban J connectivity index is 2.06. The Morgan fingerprint density at radius 3 is 2.25 bits per heavy atom. The third-order valence-electron chi connectivity index (χ3n) is 3.92. The van der Waals surface area contributed by atoms with Gasteiger partial charge < -0.3 is 5.11 Å². The Morgan fingerprint density at radius 2 is 1.70 bits per heavy atom. The van der Waals surface area contributed by atoms with Crippen molar-refractivity contribution < 1.29 is 9.90 Å². The fourth-order valence-corrected chi connectivity index (χ4v) is 4.13.